The fraction of sp³-hybridized carbons (Fsp3) is 0.318. The Bertz CT molecular complexity index is 1150. The highest BCUT2D eigenvalue weighted by Gasteiger charge is 2.27. The Morgan fingerprint density at radius 3 is 2.81 bits per heavy atom. The third kappa shape index (κ3) is 5.39. The van der Waals surface area contributed by atoms with Crippen molar-refractivity contribution in [1.29, 1.82) is 0 Å². The van der Waals surface area contributed by atoms with E-state index in [4.69, 9.17) is 27.9 Å². The summed E-state index contributed by atoms with van der Waals surface area (Å²) in [7, 11) is 0. The van der Waals surface area contributed by atoms with Crippen LogP contribution in [-0.2, 0) is 11.2 Å². The Labute approximate surface area is 194 Å². The van der Waals surface area contributed by atoms with Gasteiger partial charge in [-0.1, -0.05) is 52.6 Å². The van der Waals surface area contributed by atoms with Gasteiger partial charge in [0.1, 0.15) is 0 Å². The molecule has 2 atom stereocenters. The summed E-state index contributed by atoms with van der Waals surface area (Å²) in [6, 6.07) is 12.6. The molecule has 2 heterocycles. The maximum atomic E-state index is 13.0. The molecule has 0 bridgehead atoms. The molecule has 1 aliphatic rings. The summed E-state index contributed by atoms with van der Waals surface area (Å²) >= 11 is 12.3. The molecule has 168 valence electrons. The van der Waals surface area contributed by atoms with E-state index in [0.717, 1.165) is 17.7 Å². The first-order valence-corrected chi connectivity index (χ1v) is 10.9. The van der Waals surface area contributed by atoms with Crippen molar-refractivity contribution in [2.24, 2.45) is 5.92 Å². The number of benzene rings is 2. The van der Waals surface area contributed by atoms with Crippen molar-refractivity contribution in [1.82, 2.24) is 20.8 Å². The number of hydrogen-bond donors (Lipinski definition) is 3. The zero-order valence-electron chi connectivity index (χ0n) is 17.1. The minimum Gasteiger partial charge on any atom is -0.372 e. The molecule has 1 fully saturated rings. The van der Waals surface area contributed by atoms with E-state index in [0.29, 0.717) is 41.1 Å². The third-order valence-electron chi connectivity index (χ3n) is 5.31. The predicted octanol–water partition coefficient (Wildman–Crippen LogP) is 2.97. The second kappa shape index (κ2) is 10.3. The standard InChI is InChI=1S/C22H22Cl2N4O4/c23-17-6-5-14(9-18(17)24)20-15(11-25-7-8-31-20)12-26-21(29)16-4-2-1-3-13(16)10-19-27-22(30)32-28-19/h1-6,9,15,20,25H,7-8,10-12H2,(H,26,29)(H,27,28,30)/t15-,20-/m0/s1. The number of carbonyl (C=O) groups is 1. The number of nitrogens with one attached hydrogen (secondary N) is 3. The van der Waals surface area contributed by atoms with E-state index in [1.807, 2.05) is 24.3 Å². The number of nitrogens with zero attached hydrogens (tertiary/aromatic N) is 1. The van der Waals surface area contributed by atoms with Crippen LogP contribution in [0.1, 0.15) is 33.4 Å². The Morgan fingerprint density at radius 2 is 2.03 bits per heavy atom. The van der Waals surface area contributed by atoms with Gasteiger partial charge in [0.2, 0.25) is 0 Å². The van der Waals surface area contributed by atoms with Crippen LogP contribution in [0.15, 0.2) is 51.8 Å². The van der Waals surface area contributed by atoms with Crippen molar-refractivity contribution >= 4 is 29.1 Å². The van der Waals surface area contributed by atoms with Crippen molar-refractivity contribution in [2.45, 2.75) is 12.5 Å². The van der Waals surface area contributed by atoms with E-state index < -0.39 is 5.76 Å². The maximum Gasteiger partial charge on any atom is 0.438 e. The Kier molecular flexibility index (Phi) is 7.26. The highest BCUT2D eigenvalue weighted by molar-refractivity contribution is 6.42. The SMILES string of the molecule is O=C(NC[C@@H]1CNCCO[C@H]1c1ccc(Cl)c(Cl)c1)c1ccccc1Cc1noc(=O)[nH]1. The number of aromatic amines is 1. The van der Waals surface area contributed by atoms with Gasteiger partial charge in [-0.05, 0) is 29.3 Å². The summed E-state index contributed by atoms with van der Waals surface area (Å²) in [5.74, 6) is -0.506. The fourth-order valence-corrected chi connectivity index (χ4v) is 4.06. The molecule has 0 unspecified atom stereocenters. The molecule has 32 heavy (non-hydrogen) atoms. The summed E-state index contributed by atoms with van der Waals surface area (Å²) < 4.78 is 10.6. The van der Waals surface area contributed by atoms with Crippen molar-refractivity contribution in [3.8, 4) is 0 Å². The lowest BCUT2D eigenvalue weighted by Crippen LogP contribution is -2.36. The molecule has 0 saturated carbocycles. The van der Waals surface area contributed by atoms with E-state index in [-0.39, 0.29) is 24.3 Å². The average molecular weight is 477 g/mol. The van der Waals surface area contributed by atoms with Gasteiger partial charge in [0, 0.05) is 37.5 Å². The molecule has 10 heteroatoms. The van der Waals surface area contributed by atoms with Crippen molar-refractivity contribution in [3.05, 3.63) is 85.6 Å². The summed E-state index contributed by atoms with van der Waals surface area (Å²) in [5, 5.41) is 11.0. The lowest BCUT2D eigenvalue weighted by molar-refractivity contribution is 0.0306. The van der Waals surface area contributed by atoms with Gasteiger partial charge >= 0.3 is 5.76 Å². The molecule has 8 nitrogen and oxygen atoms in total. The van der Waals surface area contributed by atoms with Crippen molar-refractivity contribution in [2.75, 3.05) is 26.2 Å². The lowest BCUT2D eigenvalue weighted by atomic mass is 9.95. The number of aromatic nitrogens is 2. The molecule has 3 aromatic rings. The van der Waals surface area contributed by atoms with E-state index in [9.17, 15) is 9.59 Å². The Balaban J connectivity index is 1.48. The molecule has 4 rings (SSSR count). The zero-order valence-corrected chi connectivity index (χ0v) is 18.6. The summed E-state index contributed by atoms with van der Waals surface area (Å²) in [4.78, 5) is 26.7. The molecule has 1 saturated heterocycles. The van der Waals surface area contributed by atoms with E-state index in [1.165, 1.54) is 0 Å². The van der Waals surface area contributed by atoms with Crippen molar-refractivity contribution < 1.29 is 14.1 Å². The molecule has 3 N–H and O–H groups in total. The first-order valence-electron chi connectivity index (χ1n) is 10.2. The zero-order chi connectivity index (χ0) is 22.5. The maximum absolute atomic E-state index is 13.0. The fourth-order valence-electron chi connectivity index (χ4n) is 3.76. The van der Waals surface area contributed by atoms with Gasteiger partial charge in [-0.25, -0.2) is 4.79 Å². The van der Waals surface area contributed by atoms with Crippen LogP contribution in [0.2, 0.25) is 10.0 Å². The molecule has 0 spiro atoms. The number of halogens is 2. The van der Waals surface area contributed by atoms with Gasteiger partial charge in [-0.3, -0.25) is 14.3 Å². The minimum absolute atomic E-state index is 0.0160. The number of hydrogen-bond acceptors (Lipinski definition) is 6. The molecule has 1 aliphatic heterocycles. The van der Waals surface area contributed by atoms with Crippen LogP contribution in [0.3, 0.4) is 0 Å². The smallest absolute Gasteiger partial charge is 0.372 e. The van der Waals surface area contributed by atoms with Gasteiger partial charge < -0.3 is 15.4 Å². The first kappa shape index (κ1) is 22.5. The topological polar surface area (TPSA) is 109 Å². The van der Waals surface area contributed by atoms with Crippen LogP contribution in [0.25, 0.3) is 0 Å². The number of amides is 1. The minimum atomic E-state index is -0.629. The lowest BCUT2D eigenvalue weighted by Gasteiger charge is -2.26. The molecule has 0 radical (unpaired) electrons. The highest BCUT2D eigenvalue weighted by atomic mass is 35.5. The Morgan fingerprint density at radius 1 is 1.19 bits per heavy atom. The van der Waals surface area contributed by atoms with E-state index in [1.54, 1.807) is 18.2 Å². The van der Waals surface area contributed by atoms with Gasteiger partial charge in [0.25, 0.3) is 5.91 Å². The summed E-state index contributed by atoms with van der Waals surface area (Å²) in [6.45, 7) is 2.34. The number of H-pyrrole nitrogens is 1. The average Bonchev–Trinajstić information content (AvgIpc) is 3.05. The number of ether oxygens (including phenoxy) is 1. The number of carbonyl (C=O) groups excluding carboxylic acids is 1. The van der Waals surface area contributed by atoms with Crippen LogP contribution in [0, 0.1) is 5.92 Å². The Hall–Kier alpha value is -2.65. The van der Waals surface area contributed by atoms with Crippen LogP contribution in [0.5, 0.6) is 0 Å². The van der Waals surface area contributed by atoms with Crippen LogP contribution >= 0.6 is 23.2 Å². The normalized spacial score (nSPS) is 18.8. The first-order chi connectivity index (χ1) is 15.5. The second-order valence-corrected chi connectivity index (χ2v) is 8.33. The summed E-state index contributed by atoms with van der Waals surface area (Å²) in [5.41, 5.74) is 2.15. The van der Waals surface area contributed by atoms with E-state index in [2.05, 4.69) is 25.3 Å². The monoisotopic (exact) mass is 476 g/mol. The molecule has 2 aromatic carbocycles. The molecular formula is C22H22Cl2N4O4. The quantitative estimate of drug-likeness (QED) is 0.504. The predicted molar refractivity (Wildman–Crippen MR) is 120 cm³/mol. The molecule has 1 aromatic heterocycles. The van der Waals surface area contributed by atoms with Crippen LogP contribution in [-0.4, -0.2) is 42.3 Å². The second-order valence-electron chi connectivity index (χ2n) is 7.51. The van der Waals surface area contributed by atoms with Gasteiger partial charge in [-0.15, -0.1) is 0 Å². The molecule has 0 aliphatic carbocycles. The third-order valence-corrected chi connectivity index (χ3v) is 6.05. The highest BCUT2D eigenvalue weighted by Crippen LogP contribution is 2.32. The van der Waals surface area contributed by atoms with Crippen LogP contribution < -0.4 is 16.4 Å². The largest absolute Gasteiger partial charge is 0.438 e. The van der Waals surface area contributed by atoms with Crippen molar-refractivity contribution in [3.63, 3.8) is 0 Å². The summed E-state index contributed by atoms with van der Waals surface area (Å²) in [6.07, 6.45) is 0.0329. The molecular weight excluding hydrogens is 455 g/mol. The van der Waals surface area contributed by atoms with Gasteiger partial charge in [-0.2, -0.15) is 0 Å². The van der Waals surface area contributed by atoms with Gasteiger partial charge in [0.15, 0.2) is 5.82 Å². The number of rotatable bonds is 6. The van der Waals surface area contributed by atoms with E-state index >= 15 is 0 Å². The molecule has 1 amide bonds. The van der Waals surface area contributed by atoms with Crippen LogP contribution in [0.4, 0.5) is 0 Å². The van der Waals surface area contributed by atoms with Gasteiger partial charge in [0.05, 0.1) is 22.8 Å².